The SMILES string of the molecule is C[C@@H]1C(=O)C(C#N)=C[C@]2(c3ccccc3)c3n[nH]c(-c4cccnc4)c3CC[C@@H]12. The zero-order valence-electron chi connectivity index (χ0n) is 16.1. The smallest absolute Gasteiger partial charge is 0.176 e. The van der Waals surface area contributed by atoms with Crippen LogP contribution < -0.4 is 0 Å². The number of aromatic nitrogens is 3. The van der Waals surface area contributed by atoms with Crippen LogP contribution in [0.15, 0.2) is 66.5 Å². The molecule has 0 spiro atoms. The summed E-state index contributed by atoms with van der Waals surface area (Å²) < 4.78 is 0. The monoisotopic (exact) mass is 380 g/mol. The minimum Gasteiger partial charge on any atom is -0.293 e. The first-order valence-corrected chi connectivity index (χ1v) is 9.87. The molecule has 5 heteroatoms. The predicted molar refractivity (Wildman–Crippen MR) is 109 cm³/mol. The quantitative estimate of drug-likeness (QED) is 0.729. The van der Waals surface area contributed by atoms with Crippen molar-refractivity contribution in [2.75, 3.05) is 0 Å². The molecule has 0 saturated carbocycles. The number of benzene rings is 1. The van der Waals surface area contributed by atoms with E-state index in [-0.39, 0.29) is 23.2 Å². The number of pyridine rings is 1. The van der Waals surface area contributed by atoms with Gasteiger partial charge in [-0.25, -0.2) is 0 Å². The molecule has 5 rings (SSSR count). The molecule has 2 aliphatic carbocycles. The third-order valence-corrected chi connectivity index (χ3v) is 6.53. The van der Waals surface area contributed by atoms with E-state index in [1.807, 2.05) is 49.5 Å². The Balaban J connectivity index is 1.82. The summed E-state index contributed by atoms with van der Waals surface area (Å²) >= 11 is 0. The Morgan fingerprint density at radius 2 is 2.03 bits per heavy atom. The van der Waals surface area contributed by atoms with Gasteiger partial charge in [0.2, 0.25) is 0 Å². The molecule has 0 unspecified atom stereocenters. The average molecular weight is 380 g/mol. The summed E-state index contributed by atoms with van der Waals surface area (Å²) in [5.41, 5.74) is 4.74. The molecular formula is C24H20N4O. The number of nitriles is 1. The highest BCUT2D eigenvalue weighted by atomic mass is 16.1. The standard InChI is InChI=1S/C24H20N4O/c1-15-20-10-9-19-21(16-6-5-11-26-14-16)27-28-23(19)24(20,12-17(13-25)22(15)29)18-7-3-2-4-8-18/h2-8,11-12,14-15,20H,9-10H2,1H3,(H,27,28)/t15-,20-,24+/m0/s1. The van der Waals surface area contributed by atoms with Gasteiger partial charge < -0.3 is 0 Å². The Labute approximate surface area is 169 Å². The van der Waals surface area contributed by atoms with Crippen molar-refractivity contribution < 1.29 is 4.79 Å². The van der Waals surface area contributed by atoms with Crippen LogP contribution in [0.25, 0.3) is 11.3 Å². The van der Waals surface area contributed by atoms with E-state index in [9.17, 15) is 10.1 Å². The first kappa shape index (κ1) is 17.6. The number of nitrogens with one attached hydrogen (secondary N) is 1. The topological polar surface area (TPSA) is 82.4 Å². The van der Waals surface area contributed by atoms with Crippen molar-refractivity contribution in [3.05, 3.63) is 83.3 Å². The van der Waals surface area contributed by atoms with Crippen molar-refractivity contribution in [2.45, 2.75) is 25.2 Å². The molecule has 0 saturated heterocycles. The van der Waals surface area contributed by atoms with Gasteiger partial charge in [-0.2, -0.15) is 10.4 Å². The Morgan fingerprint density at radius 3 is 2.76 bits per heavy atom. The Morgan fingerprint density at radius 1 is 1.21 bits per heavy atom. The van der Waals surface area contributed by atoms with Gasteiger partial charge in [-0.05, 0) is 42.5 Å². The molecule has 29 heavy (non-hydrogen) atoms. The van der Waals surface area contributed by atoms with Gasteiger partial charge in [0.1, 0.15) is 6.07 Å². The summed E-state index contributed by atoms with van der Waals surface area (Å²) in [5, 5.41) is 17.7. The van der Waals surface area contributed by atoms with Gasteiger partial charge >= 0.3 is 0 Å². The molecule has 2 heterocycles. The molecule has 2 aromatic heterocycles. The molecule has 0 bridgehead atoms. The number of hydrogen-bond donors (Lipinski definition) is 1. The molecule has 0 aliphatic heterocycles. The number of aromatic amines is 1. The number of rotatable bonds is 2. The minimum atomic E-state index is -0.593. The number of nitrogens with zero attached hydrogens (tertiary/aromatic N) is 3. The second kappa shape index (κ2) is 6.52. The summed E-state index contributed by atoms with van der Waals surface area (Å²) in [5.74, 6) is -0.232. The number of ketones is 1. The van der Waals surface area contributed by atoms with Crippen molar-refractivity contribution in [1.82, 2.24) is 15.2 Å². The van der Waals surface area contributed by atoms with Gasteiger partial charge in [0.25, 0.3) is 0 Å². The summed E-state index contributed by atoms with van der Waals surface area (Å²) in [6, 6.07) is 16.2. The zero-order chi connectivity index (χ0) is 20.0. The second-order valence-corrected chi connectivity index (χ2v) is 7.87. The normalized spacial score (nSPS) is 25.5. The van der Waals surface area contributed by atoms with Gasteiger partial charge in [-0.15, -0.1) is 0 Å². The van der Waals surface area contributed by atoms with Crippen LogP contribution in [-0.2, 0) is 16.6 Å². The minimum absolute atomic E-state index is 0.0597. The molecule has 1 N–H and O–H groups in total. The van der Waals surface area contributed by atoms with E-state index in [0.717, 1.165) is 40.9 Å². The third-order valence-electron chi connectivity index (χ3n) is 6.53. The highest BCUT2D eigenvalue weighted by molar-refractivity contribution is 6.02. The average Bonchev–Trinajstić information content (AvgIpc) is 3.22. The van der Waals surface area contributed by atoms with Gasteiger partial charge in [0.05, 0.1) is 22.4 Å². The lowest BCUT2D eigenvalue weighted by Crippen LogP contribution is -2.48. The van der Waals surface area contributed by atoms with Crippen molar-refractivity contribution in [3.8, 4) is 17.3 Å². The molecule has 1 aromatic carbocycles. The maximum atomic E-state index is 12.8. The molecule has 2 aliphatic rings. The maximum absolute atomic E-state index is 12.8. The number of fused-ring (bicyclic) bond motifs is 3. The van der Waals surface area contributed by atoms with Gasteiger partial charge in [-0.3, -0.25) is 14.9 Å². The molecule has 3 aromatic rings. The Kier molecular flexibility index (Phi) is 3.95. The van der Waals surface area contributed by atoms with E-state index in [2.05, 4.69) is 28.3 Å². The molecule has 0 fully saturated rings. The fourth-order valence-corrected chi connectivity index (χ4v) is 5.19. The van der Waals surface area contributed by atoms with Crippen LogP contribution >= 0.6 is 0 Å². The molecule has 0 radical (unpaired) electrons. The number of hydrogen-bond acceptors (Lipinski definition) is 4. The van der Waals surface area contributed by atoms with Crippen LogP contribution in [0, 0.1) is 23.2 Å². The number of carbonyl (C=O) groups is 1. The van der Waals surface area contributed by atoms with E-state index < -0.39 is 5.41 Å². The van der Waals surface area contributed by atoms with Crippen LogP contribution in [-0.4, -0.2) is 21.0 Å². The van der Waals surface area contributed by atoms with E-state index >= 15 is 0 Å². The van der Waals surface area contributed by atoms with Crippen LogP contribution in [0.1, 0.15) is 30.2 Å². The van der Waals surface area contributed by atoms with E-state index in [1.165, 1.54) is 0 Å². The molecular weight excluding hydrogens is 360 g/mol. The molecule has 5 nitrogen and oxygen atoms in total. The highest BCUT2D eigenvalue weighted by Crippen LogP contribution is 2.54. The fourth-order valence-electron chi connectivity index (χ4n) is 5.19. The van der Waals surface area contributed by atoms with E-state index in [4.69, 9.17) is 5.10 Å². The third kappa shape index (κ3) is 2.42. The maximum Gasteiger partial charge on any atom is 0.176 e. The zero-order valence-corrected chi connectivity index (χ0v) is 16.1. The van der Waals surface area contributed by atoms with Crippen LogP contribution in [0.4, 0.5) is 0 Å². The Hall–Kier alpha value is -3.52. The largest absolute Gasteiger partial charge is 0.293 e. The van der Waals surface area contributed by atoms with Crippen LogP contribution in [0.5, 0.6) is 0 Å². The van der Waals surface area contributed by atoms with E-state index in [1.54, 1.807) is 6.20 Å². The van der Waals surface area contributed by atoms with Crippen molar-refractivity contribution >= 4 is 5.78 Å². The number of Topliss-reactive ketones (excluding diaryl/α,β-unsaturated/α-hetero) is 1. The Bertz CT molecular complexity index is 1160. The summed E-state index contributed by atoms with van der Waals surface area (Å²) in [7, 11) is 0. The fraction of sp³-hybridized carbons (Fsp3) is 0.250. The summed E-state index contributed by atoms with van der Waals surface area (Å²) in [6.45, 7) is 1.95. The van der Waals surface area contributed by atoms with Crippen molar-refractivity contribution in [3.63, 3.8) is 0 Å². The second-order valence-electron chi connectivity index (χ2n) is 7.87. The number of H-pyrrole nitrogens is 1. The lowest BCUT2D eigenvalue weighted by atomic mass is 9.54. The lowest BCUT2D eigenvalue weighted by Gasteiger charge is -2.47. The first-order chi connectivity index (χ1) is 14.2. The van der Waals surface area contributed by atoms with Gasteiger partial charge in [0.15, 0.2) is 5.78 Å². The van der Waals surface area contributed by atoms with Gasteiger partial charge in [-0.1, -0.05) is 37.3 Å². The van der Waals surface area contributed by atoms with Crippen molar-refractivity contribution in [1.29, 1.82) is 5.26 Å². The number of allylic oxidation sites excluding steroid dienone is 2. The van der Waals surface area contributed by atoms with Crippen LogP contribution in [0.2, 0.25) is 0 Å². The van der Waals surface area contributed by atoms with E-state index in [0.29, 0.717) is 0 Å². The van der Waals surface area contributed by atoms with Crippen molar-refractivity contribution in [2.24, 2.45) is 11.8 Å². The van der Waals surface area contributed by atoms with Crippen LogP contribution in [0.3, 0.4) is 0 Å². The first-order valence-electron chi connectivity index (χ1n) is 9.87. The predicted octanol–water partition coefficient (Wildman–Crippen LogP) is 3.99. The molecule has 142 valence electrons. The van der Waals surface area contributed by atoms with Gasteiger partial charge in [0, 0.05) is 29.4 Å². The summed E-state index contributed by atoms with van der Waals surface area (Å²) in [6.07, 6.45) is 7.16. The number of carbonyl (C=O) groups excluding carboxylic acids is 1. The molecule has 3 atom stereocenters. The summed E-state index contributed by atoms with van der Waals surface area (Å²) in [4.78, 5) is 17.0. The lowest BCUT2D eigenvalue weighted by molar-refractivity contribution is -0.121. The highest BCUT2D eigenvalue weighted by Gasteiger charge is 2.53. The molecule has 0 amide bonds.